The highest BCUT2D eigenvalue weighted by molar-refractivity contribution is 5.38. The van der Waals surface area contributed by atoms with Crippen molar-refractivity contribution in [3.8, 4) is 5.75 Å². The van der Waals surface area contributed by atoms with Gasteiger partial charge < -0.3 is 9.84 Å². The van der Waals surface area contributed by atoms with Crippen LogP contribution in [0.3, 0.4) is 0 Å². The molecule has 1 atom stereocenters. The summed E-state index contributed by atoms with van der Waals surface area (Å²) in [5.74, 6) is 0.388. The molecule has 0 spiro atoms. The minimum atomic E-state index is -4.20. The fourth-order valence-electron chi connectivity index (χ4n) is 2.13. The number of ether oxygens (including phenoxy) is 1. The lowest BCUT2D eigenvalue weighted by molar-refractivity contribution is -0.139. The molecule has 0 fully saturated rings. The van der Waals surface area contributed by atoms with Crippen LogP contribution in [0.15, 0.2) is 18.2 Å². The zero-order valence-corrected chi connectivity index (χ0v) is 9.83. The van der Waals surface area contributed by atoms with Crippen molar-refractivity contribution >= 4 is 0 Å². The number of rotatable bonds is 3. The average Bonchev–Trinajstić information content (AvgIpc) is 2.28. The Balaban J connectivity index is 2.00. The molecule has 0 amide bonds. The molecule has 18 heavy (non-hydrogen) atoms. The zero-order valence-electron chi connectivity index (χ0n) is 9.83. The maximum absolute atomic E-state index is 12.0. The summed E-state index contributed by atoms with van der Waals surface area (Å²) in [6, 6.07) is 5.13. The van der Waals surface area contributed by atoms with E-state index in [9.17, 15) is 18.3 Å². The van der Waals surface area contributed by atoms with Crippen LogP contribution in [-0.4, -0.2) is 17.9 Å². The van der Waals surface area contributed by atoms with E-state index in [2.05, 4.69) is 0 Å². The third-order valence-electron chi connectivity index (χ3n) is 3.05. The van der Waals surface area contributed by atoms with E-state index in [0.717, 1.165) is 24.0 Å². The molecule has 0 unspecified atom stereocenters. The molecule has 2 rings (SSSR count). The second-order valence-electron chi connectivity index (χ2n) is 4.48. The van der Waals surface area contributed by atoms with Crippen molar-refractivity contribution in [2.24, 2.45) is 0 Å². The molecule has 100 valence electrons. The number of halogens is 3. The van der Waals surface area contributed by atoms with E-state index in [1.54, 1.807) is 12.1 Å². The molecule has 5 heteroatoms. The van der Waals surface area contributed by atoms with Gasteiger partial charge in [-0.2, -0.15) is 13.2 Å². The summed E-state index contributed by atoms with van der Waals surface area (Å²) in [5, 5.41) is 9.80. The Kier molecular flexibility index (Phi) is 3.80. The molecule has 1 N–H and O–H groups in total. The molecule has 0 heterocycles. The molecule has 0 aliphatic heterocycles. The molecule has 0 radical (unpaired) electrons. The SMILES string of the molecule is O[C@H]1CCCc2ccc(OCCC(F)(F)F)cc21. The van der Waals surface area contributed by atoms with Crippen molar-refractivity contribution in [3.05, 3.63) is 29.3 Å². The van der Waals surface area contributed by atoms with Gasteiger partial charge in [0.05, 0.1) is 19.1 Å². The molecule has 1 aromatic carbocycles. The van der Waals surface area contributed by atoms with Crippen molar-refractivity contribution in [2.45, 2.75) is 38.0 Å². The summed E-state index contributed by atoms with van der Waals surface area (Å²) >= 11 is 0. The second kappa shape index (κ2) is 5.18. The standard InChI is InChI=1S/C13H15F3O2/c14-13(15,16)6-7-18-10-5-4-9-2-1-3-12(17)11(9)8-10/h4-5,8,12,17H,1-3,6-7H2/t12-/m0/s1. The summed E-state index contributed by atoms with van der Waals surface area (Å²) in [4.78, 5) is 0. The number of hydrogen-bond acceptors (Lipinski definition) is 2. The molecule has 2 nitrogen and oxygen atoms in total. The van der Waals surface area contributed by atoms with Crippen LogP contribution >= 0.6 is 0 Å². The number of benzene rings is 1. The lowest BCUT2D eigenvalue weighted by Crippen LogP contribution is -2.14. The first-order valence-corrected chi connectivity index (χ1v) is 5.96. The smallest absolute Gasteiger partial charge is 0.392 e. The van der Waals surface area contributed by atoms with Crippen LogP contribution in [0.4, 0.5) is 13.2 Å². The van der Waals surface area contributed by atoms with E-state index in [0.29, 0.717) is 12.2 Å². The van der Waals surface area contributed by atoms with Crippen LogP contribution in [0.1, 0.15) is 36.5 Å². The summed E-state index contributed by atoms with van der Waals surface area (Å²) in [6.45, 7) is -0.390. The molecule has 0 aromatic heterocycles. The fourth-order valence-corrected chi connectivity index (χ4v) is 2.13. The largest absolute Gasteiger partial charge is 0.493 e. The lowest BCUT2D eigenvalue weighted by atomic mass is 9.89. The quantitative estimate of drug-likeness (QED) is 0.902. The van der Waals surface area contributed by atoms with E-state index >= 15 is 0 Å². The molecule has 1 aliphatic carbocycles. The monoisotopic (exact) mass is 260 g/mol. The third kappa shape index (κ3) is 3.38. The van der Waals surface area contributed by atoms with E-state index in [4.69, 9.17) is 4.74 Å². The Morgan fingerprint density at radius 1 is 1.33 bits per heavy atom. The topological polar surface area (TPSA) is 29.5 Å². The summed E-state index contributed by atoms with van der Waals surface area (Å²) in [6.07, 6.45) is -3.17. The Morgan fingerprint density at radius 3 is 2.83 bits per heavy atom. The highest BCUT2D eigenvalue weighted by Gasteiger charge is 2.27. The van der Waals surface area contributed by atoms with Crippen LogP contribution in [0, 0.1) is 0 Å². The van der Waals surface area contributed by atoms with Crippen molar-refractivity contribution < 1.29 is 23.0 Å². The van der Waals surface area contributed by atoms with E-state index in [-0.39, 0.29) is 0 Å². The summed E-state index contributed by atoms with van der Waals surface area (Å²) in [7, 11) is 0. The molecule has 0 bridgehead atoms. The van der Waals surface area contributed by atoms with Crippen molar-refractivity contribution in [1.29, 1.82) is 0 Å². The first-order chi connectivity index (χ1) is 8.46. The first kappa shape index (κ1) is 13.2. The highest BCUT2D eigenvalue weighted by Crippen LogP contribution is 2.32. The second-order valence-corrected chi connectivity index (χ2v) is 4.48. The molecule has 0 saturated heterocycles. The fraction of sp³-hybridized carbons (Fsp3) is 0.538. The molecular formula is C13H15F3O2. The normalized spacial score (nSPS) is 19.4. The molecular weight excluding hydrogens is 245 g/mol. The van der Waals surface area contributed by atoms with Crippen molar-refractivity contribution in [1.82, 2.24) is 0 Å². The van der Waals surface area contributed by atoms with Gasteiger partial charge in [0, 0.05) is 0 Å². The van der Waals surface area contributed by atoms with Gasteiger partial charge in [0.25, 0.3) is 0 Å². The van der Waals surface area contributed by atoms with Gasteiger partial charge in [0.2, 0.25) is 0 Å². The Bertz CT molecular complexity index is 415. The van der Waals surface area contributed by atoms with Gasteiger partial charge in [-0.15, -0.1) is 0 Å². The number of aliphatic hydroxyl groups excluding tert-OH is 1. The number of aryl methyl sites for hydroxylation is 1. The molecule has 1 aromatic rings. The van der Waals surface area contributed by atoms with E-state index in [1.165, 1.54) is 0 Å². The Morgan fingerprint density at radius 2 is 2.11 bits per heavy atom. The first-order valence-electron chi connectivity index (χ1n) is 5.96. The van der Waals surface area contributed by atoms with Crippen molar-refractivity contribution in [3.63, 3.8) is 0 Å². The van der Waals surface area contributed by atoms with Crippen LogP contribution in [0.2, 0.25) is 0 Å². The average molecular weight is 260 g/mol. The lowest BCUT2D eigenvalue weighted by Gasteiger charge is -2.22. The predicted octanol–water partition coefficient (Wildman–Crippen LogP) is 3.39. The Labute approximate surface area is 103 Å². The maximum atomic E-state index is 12.0. The predicted molar refractivity (Wildman–Crippen MR) is 60.5 cm³/mol. The third-order valence-corrected chi connectivity index (χ3v) is 3.05. The number of fused-ring (bicyclic) bond motifs is 1. The minimum absolute atomic E-state index is 0.388. The van der Waals surface area contributed by atoms with E-state index in [1.807, 2.05) is 6.07 Å². The zero-order chi connectivity index (χ0) is 13.2. The van der Waals surface area contributed by atoms with Crippen LogP contribution < -0.4 is 4.74 Å². The van der Waals surface area contributed by atoms with Crippen LogP contribution in [-0.2, 0) is 6.42 Å². The van der Waals surface area contributed by atoms with Gasteiger partial charge in [-0.1, -0.05) is 6.07 Å². The van der Waals surface area contributed by atoms with Gasteiger partial charge in [-0.25, -0.2) is 0 Å². The van der Waals surface area contributed by atoms with Crippen molar-refractivity contribution in [2.75, 3.05) is 6.61 Å². The number of aliphatic hydroxyl groups is 1. The van der Waals surface area contributed by atoms with Crippen LogP contribution in [0.25, 0.3) is 0 Å². The highest BCUT2D eigenvalue weighted by atomic mass is 19.4. The van der Waals surface area contributed by atoms with Gasteiger partial charge in [0.1, 0.15) is 5.75 Å². The minimum Gasteiger partial charge on any atom is -0.493 e. The molecule has 0 saturated carbocycles. The Hall–Kier alpha value is -1.23. The summed E-state index contributed by atoms with van der Waals surface area (Å²) in [5.41, 5.74) is 1.84. The molecule has 1 aliphatic rings. The van der Waals surface area contributed by atoms with Gasteiger partial charge in [-0.3, -0.25) is 0 Å². The van der Waals surface area contributed by atoms with Crippen LogP contribution in [0.5, 0.6) is 5.75 Å². The van der Waals surface area contributed by atoms with E-state index < -0.39 is 25.3 Å². The number of alkyl halides is 3. The summed E-state index contributed by atoms with van der Waals surface area (Å²) < 4.78 is 41.0. The van der Waals surface area contributed by atoms with Gasteiger partial charge >= 0.3 is 6.18 Å². The van der Waals surface area contributed by atoms with Gasteiger partial charge in [-0.05, 0) is 42.5 Å². The van der Waals surface area contributed by atoms with Gasteiger partial charge in [0.15, 0.2) is 0 Å². The maximum Gasteiger partial charge on any atom is 0.392 e. The number of hydrogen-bond donors (Lipinski definition) is 1.